The van der Waals surface area contributed by atoms with Crippen LogP contribution in [0.3, 0.4) is 0 Å². The second kappa shape index (κ2) is 9.34. The van der Waals surface area contributed by atoms with Gasteiger partial charge in [-0.15, -0.1) is 23.2 Å². The predicted octanol–water partition coefficient (Wildman–Crippen LogP) is 8.02. The van der Waals surface area contributed by atoms with Crippen LogP contribution in [-0.4, -0.2) is 62.7 Å². The Balaban J connectivity index is 1.38. The van der Waals surface area contributed by atoms with E-state index in [-0.39, 0.29) is 33.6 Å². The van der Waals surface area contributed by atoms with Crippen molar-refractivity contribution in [3.63, 3.8) is 0 Å². The highest BCUT2D eigenvalue weighted by molar-refractivity contribution is 6.74. The highest BCUT2D eigenvalue weighted by Gasteiger charge is 2.87. The number of halogens is 4. The molecule has 0 aromatic heterocycles. The smallest absolute Gasteiger partial charge is 0.217 e. The van der Waals surface area contributed by atoms with Gasteiger partial charge in [0.25, 0.3) is 0 Å². The van der Waals surface area contributed by atoms with E-state index in [1.165, 1.54) is 12.8 Å². The molecular weight excluding hydrogens is 610 g/mol. The largest absolute Gasteiger partial charge is 0.410 e. The molecule has 0 unspecified atom stereocenters. The minimum Gasteiger partial charge on any atom is -0.410 e. The van der Waals surface area contributed by atoms with Gasteiger partial charge in [-0.1, -0.05) is 70.0 Å². The molecule has 0 N–H and O–H groups in total. The lowest BCUT2D eigenvalue weighted by Crippen LogP contribution is -2.58. The molecule has 11 atom stereocenters. The standard InChI is InChI=1S/C30H44Cl4O5Si/c1-26(2,3)40(8,9)39-19-13-12-18(37-20-14-15-16-10-11-17(23(15)38-20)27(16,4)5)21-22(19)29(34)25(32)24(31)28(21,33)30(29,35-6)36-7/h12-13,15-23H,10-11,14H2,1-9H3/t15-,16+,17-,18-,19+,20-,21-,22+,23-,28-,29+/m0/s1. The Labute approximate surface area is 260 Å². The number of hydrogen-bond acceptors (Lipinski definition) is 5. The van der Waals surface area contributed by atoms with E-state index in [9.17, 15) is 0 Å². The van der Waals surface area contributed by atoms with Crippen LogP contribution < -0.4 is 0 Å². The van der Waals surface area contributed by atoms with Crippen LogP contribution in [0.15, 0.2) is 22.2 Å². The van der Waals surface area contributed by atoms with Gasteiger partial charge in [0.05, 0.1) is 28.4 Å². The third-order valence-corrected chi connectivity index (χ3v) is 19.3. The van der Waals surface area contributed by atoms with Crippen molar-refractivity contribution in [1.82, 2.24) is 0 Å². The van der Waals surface area contributed by atoms with Gasteiger partial charge < -0.3 is 23.4 Å². The first-order valence-corrected chi connectivity index (χ1v) is 19.1. The Morgan fingerprint density at radius 1 is 0.900 bits per heavy atom. The van der Waals surface area contributed by atoms with E-state index in [0.717, 1.165) is 6.42 Å². The summed E-state index contributed by atoms with van der Waals surface area (Å²) in [5, 5.41) is 0.479. The highest BCUT2D eigenvalue weighted by atomic mass is 35.5. The average Bonchev–Trinajstić information content (AvgIpc) is 3.54. The quantitative estimate of drug-likeness (QED) is 0.126. The summed E-state index contributed by atoms with van der Waals surface area (Å²) in [5.74, 6) is -0.596. The predicted molar refractivity (Wildman–Crippen MR) is 162 cm³/mol. The van der Waals surface area contributed by atoms with Crippen molar-refractivity contribution < 1.29 is 23.4 Å². The van der Waals surface area contributed by atoms with E-state index >= 15 is 0 Å². The molecule has 0 aromatic carbocycles. The van der Waals surface area contributed by atoms with Crippen molar-refractivity contribution in [2.75, 3.05) is 14.2 Å². The topological polar surface area (TPSA) is 46.2 Å². The van der Waals surface area contributed by atoms with E-state index in [1.807, 2.05) is 0 Å². The molecule has 6 rings (SSSR count). The van der Waals surface area contributed by atoms with Gasteiger partial charge >= 0.3 is 0 Å². The van der Waals surface area contributed by atoms with Crippen LogP contribution in [0.5, 0.6) is 0 Å². The fraction of sp³-hybridized carbons (Fsp3) is 0.867. The minimum absolute atomic E-state index is 0.0150. The summed E-state index contributed by atoms with van der Waals surface area (Å²) in [5.41, 5.74) is 0.325. The van der Waals surface area contributed by atoms with Crippen LogP contribution >= 0.6 is 46.4 Å². The number of alkyl halides is 2. The second-order valence-corrected chi connectivity index (χ2v) is 21.7. The van der Waals surface area contributed by atoms with Gasteiger partial charge in [-0.05, 0) is 54.1 Å². The van der Waals surface area contributed by atoms with Crippen LogP contribution in [0, 0.1) is 35.0 Å². The Bertz CT molecular complexity index is 1110. The SMILES string of the molecule is COC1(OC)[C@@]2(Cl)C(Cl)=C(Cl)[C@]1(Cl)[C@H]1[C@@H]2[C@@H](O[C@@H]2C[C@@H]3[C@H](O2)[C@@H]2CC[C@H]3C2(C)C)C=C[C@H]1O[Si](C)(C)C(C)(C)C. The lowest BCUT2D eigenvalue weighted by Gasteiger charge is -2.48. The molecule has 0 radical (unpaired) electrons. The van der Waals surface area contributed by atoms with Gasteiger partial charge in [-0.25, -0.2) is 0 Å². The first-order valence-electron chi connectivity index (χ1n) is 14.7. The van der Waals surface area contributed by atoms with Gasteiger partial charge in [0.15, 0.2) is 14.6 Å². The fourth-order valence-corrected chi connectivity index (χ4v) is 12.8. The van der Waals surface area contributed by atoms with Gasteiger partial charge in [-0.2, -0.15) is 0 Å². The van der Waals surface area contributed by atoms with Gasteiger partial charge in [0.1, 0.15) is 9.75 Å². The van der Waals surface area contributed by atoms with Crippen molar-refractivity contribution in [1.29, 1.82) is 0 Å². The van der Waals surface area contributed by atoms with E-state index in [1.54, 1.807) is 14.2 Å². The number of rotatable bonds is 6. The molecular formula is C30H44Cl4O5Si. The summed E-state index contributed by atoms with van der Waals surface area (Å²) in [7, 11) is 0.854. The summed E-state index contributed by atoms with van der Waals surface area (Å²) in [6, 6.07) is 0. The molecule has 0 aromatic rings. The minimum atomic E-state index is -2.23. The van der Waals surface area contributed by atoms with E-state index in [2.05, 4.69) is 59.9 Å². The van der Waals surface area contributed by atoms with Crippen LogP contribution in [0.25, 0.3) is 0 Å². The molecule has 1 aliphatic heterocycles. The fourth-order valence-electron chi connectivity index (χ4n) is 9.33. The van der Waals surface area contributed by atoms with Crippen LogP contribution in [0.4, 0.5) is 0 Å². The van der Waals surface area contributed by atoms with Crippen LogP contribution in [0.1, 0.15) is 53.9 Å². The van der Waals surface area contributed by atoms with E-state index in [4.69, 9.17) is 69.8 Å². The molecule has 5 nitrogen and oxygen atoms in total. The Morgan fingerprint density at radius 3 is 1.95 bits per heavy atom. The third kappa shape index (κ3) is 3.53. The monoisotopic (exact) mass is 652 g/mol. The molecule has 10 heteroatoms. The molecule has 0 spiro atoms. The molecule has 3 saturated carbocycles. The van der Waals surface area contributed by atoms with Gasteiger partial charge in [-0.3, -0.25) is 0 Å². The van der Waals surface area contributed by atoms with Crippen molar-refractivity contribution >= 4 is 54.7 Å². The molecule has 4 fully saturated rings. The molecule has 4 bridgehead atoms. The molecule has 40 heavy (non-hydrogen) atoms. The highest BCUT2D eigenvalue weighted by Crippen LogP contribution is 2.76. The third-order valence-electron chi connectivity index (χ3n) is 12.2. The van der Waals surface area contributed by atoms with Crippen LogP contribution in [-0.2, 0) is 23.4 Å². The maximum atomic E-state index is 7.62. The molecule has 5 aliphatic carbocycles. The van der Waals surface area contributed by atoms with Crippen molar-refractivity contribution in [3.8, 4) is 0 Å². The normalized spacial score (nSPS) is 48.3. The zero-order valence-electron chi connectivity index (χ0n) is 25.0. The van der Waals surface area contributed by atoms with E-state index in [0.29, 0.717) is 23.2 Å². The van der Waals surface area contributed by atoms with E-state index < -0.39 is 41.8 Å². The Morgan fingerprint density at radius 2 is 1.43 bits per heavy atom. The molecule has 226 valence electrons. The number of methoxy groups -OCH3 is 2. The van der Waals surface area contributed by atoms with Crippen LogP contribution in [0.2, 0.25) is 18.1 Å². The molecule has 1 saturated heterocycles. The maximum Gasteiger partial charge on any atom is 0.217 e. The molecule has 1 heterocycles. The lowest BCUT2D eigenvalue weighted by atomic mass is 9.72. The van der Waals surface area contributed by atoms with Crippen molar-refractivity contribution in [2.24, 2.45) is 35.0 Å². The summed E-state index contributed by atoms with van der Waals surface area (Å²) in [6.45, 7) is 15.9. The van der Waals surface area contributed by atoms with Gasteiger partial charge in [0.2, 0.25) is 5.79 Å². The zero-order chi connectivity index (χ0) is 29.4. The molecule has 6 aliphatic rings. The molecule has 0 amide bonds. The first-order chi connectivity index (χ1) is 18.4. The number of fused-ring (bicyclic) bond motifs is 10. The number of hydrogen-bond donors (Lipinski definition) is 0. The van der Waals surface area contributed by atoms with Gasteiger partial charge in [0, 0.05) is 32.5 Å². The maximum absolute atomic E-state index is 7.62. The Kier molecular flexibility index (Phi) is 7.16. The summed E-state index contributed by atoms with van der Waals surface area (Å²) in [4.78, 5) is -2.77. The number of ether oxygens (including phenoxy) is 4. The lowest BCUT2D eigenvalue weighted by molar-refractivity contribution is -0.224. The van der Waals surface area contributed by atoms with Crippen molar-refractivity contribution in [3.05, 3.63) is 22.2 Å². The summed E-state index contributed by atoms with van der Waals surface area (Å²) >= 11 is 29.2. The summed E-state index contributed by atoms with van der Waals surface area (Å²) < 4.78 is 32.7. The van der Waals surface area contributed by atoms with Crippen molar-refractivity contribution in [2.45, 2.75) is 112 Å². The first kappa shape index (κ1) is 30.7. The second-order valence-electron chi connectivity index (χ2n) is 15.0. The summed E-state index contributed by atoms with van der Waals surface area (Å²) in [6.07, 6.45) is 6.62. The zero-order valence-corrected chi connectivity index (χ0v) is 29.0. The average molecular weight is 655 g/mol. The Hall–Kier alpha value is 0.657.